The molecule has 3 heteroatoms. The first-order valence-corrected chi connectivity index (χ1v) is 5.87. The summed E-state index contributed by atoms with van der Waals surface area (Å²) in [7, 11) is 0. The Bertz CT molecular complexity index is 334. The lowest BCUT2D eigenvalue weighted by Crippen LogP contribution is -1.99. The average Bonchev–Trinajstić information content (AvgIpc) is 2.29. The van der Waals surface area contributed by atoms with Gasteiger partial charge >= 0.3 is 0 Å². The molecule has 0 unspecified atom stereocenters. The smallest absolute Gasteiger partial charge is 0.200 e. The monoisotopic (exact) mass is 224 g/mol. The van der Waals surface area contributed by atoms with Gasteiger partial charge in [0.25, 0.3) is 0 Å². The van der Waals surface area contributed by atoms with E-state index in [0.717, 1.165) is 31.2 Å². The molecule has 0 fully saturated rings. The molecule has 0 aliphatic carbocycles. The molecule has 0 radical (unpaired) electrons. The normalized spacial score (nSPS) is 10.4. The second-order valence-electron chi connectivity index (χ2n) is 3.87. The molecule has 16 heavy (non-hydrogen) atoms. The van der Waals surface area contributed by atoms with Gasteiger partial charge in [0, 0.05) is 0 Å². The van der Waals surface area contributed by atoms with Crippen molar-refractivity contribution in [2.24, 2.45) is 0 Å². The van der Waals surface area contributed by atoms with E-state index in [-0.39, 0.29) is 11.5 Å². The first-order chi connectivity index (χ1) is 7.70. The molecule has 0 spiro atoms. The van der Waals surface area contributed by atoms with Crippen molar-refractivity contribution in [3.8, 4) is 17.2 Å². The third kappa shape index (κ3) is 3.05. The van der Waals surface area contributed by atoms with Gasteiger partial charge in [-0.15, -0.1) is 0 Å². The minimum absolute atomic E-state index is 0.119. The van der Waals surface area contributed by atoms with Gasteiger partial charge in [-0.05, 0) is 30.9 Å². The van der Waals surface area contributed by atoms with Gasteiger partial charge in [0.1, 0.15) is 0 Å². The summed E-state index contributed by atoms with van der Waals surface area (Å²) < 4.78 is 5.48. The van der Waals surface area contributed by atoms with Crippen molar-refractivity contribution in [3.05, 3.63) is 17.7 Å². The number of rotatable bonds is 6. The van der Waals surface area contributed by atoms with Crippen LogP contribution in [0, 0.1) is 0 Å². The lowest BCUT2D eigenvalue weighted by atomic mass is 10.1. The van der Waals surface area contributed by atoms with Gasteiger partial charge in [-0.2, -0.15) is 0 Å². The van der Waals surface area contributed by atoms with E-state index in [9.17, 15) is 10.2 Å². The summed E-state index contributed by atoms with van der Waals surface area (Å²) in [5.41, 5.74) is 0.964. The third-order valence-electron chi connectivity index (χ3n) is 2.44. The minimum Gasteiger partial charge on any atom is -0.504 e. The first kappa shape index (κ1) is 12.7. The van der Waals surface area contributed by atoms with Crippen molar-refractivity contribution < 1.29 is 14.9 Å². The Morgan fingerprint density at radius 1 is 1.12 bits per heavy atom. The summed E-state index contributed by atoms with van der Waals surface area (Å²) in [6, 6.07) is 3.33. The maximum absolute atomic E-state index is 9.73. The molecule has 1 rings (SSSR count). The number of hydrogen-bond donors (Lipinski definition) is 2. The Morgan fingerprint density at radius 2 is 1.88 bits per heavy atom. The highest BCUT2D eigenvalue weighted by molar-refractivity contribution is 5.54. The SMILES string of the molecule is CCCCc1ccc(O)c(O)c1OCCC. The standard InChI is InChI=1S/C13H20O3/c1-3-5-6-10-7-8-11(14)12(15)13(10)16-9-4-2/h7-8,14-15H,3-6,9H2,1-2H3. The van der Waals surface area contributed by atoms with Crippen LogP contribution in [0.3, 0.4) is 0 Å². The van der Waals surface area contributed by atoms with Crippen LogP contribution in [0.1, 0.15) is 38.7 Å². The van der Waals surface area contributed by atoms with E-state index < -0.39 is 0 Å². The van der Waals surface area contributed by atoms with Gasteiger partial charge in [0.05, 0.1) is 6.61 Å². The minimum atomic E-state index is -0.137. The van der Waals surface area contributed by atoms with Gasteiger partial charge in [-0.1, -0.05) is 26.3 Å². The summed E-state index contributed by atoms with van der Waals surface area (Å²) >= 11 is 0. The predicted molar refractivity (Wildman–Crippen MR) is 64.2 cm³/mol. The molecule has 0 saturated carbocycles. The van der Waals surface area contributed by atoms with Crippen LogP contribution < -0.4 is 4.74 Å². The predicted octanol–water partition coefficient (Wildman–Crippen LogP) is 3.23. The van der Waals surface area contributed by atoms with Crippen LogP contribution in [0.15, 0.2) is 12.1 Å². The summed E-state index contributed by atoms with van der Waals surface area (Å²) in [6.45, 7) is 4.68. The molecule has 3 nitrogen and oxygen atoms in total. The van der Waals surface area contributed by atoms with Gasteiger partial charge in [0.2, 0.25) is 5.75 Å². The zero-order valence-corrected chi connectivity index (χ0v) is 9.99. The van der Waals surface area contributed by atoms with Crippen LogP contribution in [0.25, 0.3) is 0 Å². The van der Waals surface area contributed by atoms with Gasteiger partial charge in [0.15, 0.2) is 11.5 Å². The fourth-order valence-corrected chi connectivity index (χ4v) is 1.53. The Labute approximate surface area is 96.7 Å². The first-order valence-electron chi connectivity index (χ1n) is 5.87. The van der Waals surface area contributed by atoms with E-state index in [0.29, 0.717) is 12.4 Å². The average molecular weight is 224 g/mol. The third-order valence-corrected chi connectivity index (χ3v) is 2.44. The second kappa shape index (κ2) is 6.26. The van der Waals surface area contributed by atoms with Crippen molar-refractivity contribution in [1.29, 1.82) is 0 Å². The fraction of sp³-hybridized carbons (Fsp3) is 0.538. The molecule has 0 bridgehead atoms. The zero-order valence-electron chi connectivity index (χ0n) is 9.99. The second-order valence-corrected chi connectivity index (χ2v) is 3.87. The van der Waals surface area contributed by atoms with E-state index in [1.165, 1.54) is 6.07 Å². The van der Waals surface area contributed by atoms with E-state index in [1.54, 1.807) is 0 Å². The van der Waals surface area contributed by atoms with Crippen LogP contribution in [-0.2, 0) is 6.42 Å². The molecular formula is C13H20O3. The van der Waals surface area contributed by atoms with Gasteiger partial charge in [-0.25, -0.2) is 0 Å². The van der Waals surface area contributed by atoms with E-state index >= 15 is 0 Å². The Hall–Kier alpha value is -1.38. The summed E-state index contributed by atoms with van der Waals surface area (Å²) in [4.78, 5) is 0. The molecule has 0 amide bonds. The quantitative estimate of drug-likeness (QED) is 0.729. The highest BCUT2D eigenvalue weighted by Crippen LogP contribution is 2.38. The van der Waals surface area contributed by atoms with Crippen molar-refractivity contribution in [2.75, 3.05) is 6.61 Å². The van der Waals surface area contributed by atoms with Crippen LogP contribution in [0.5, 0.6) is 17.2 Å². The van der Waals surface area contributed by atoms with Crippen LogP contribution in [0.4, 0.5) is 0 Å². The molecule has 2 N–H and O–H groups in total. The Balaban J connectivity index is 2.91. The maximum Gasteiger partial charge on any atom is 0.200 e. The number of phenolic OH excluding ortho intramolecular Hbond substituents is 2. The molecule has 0 aromatic heterocycles. The van der Waals surface area contributed by atoms with Crippen LogP contribution in [-0.4, -0.2) is 16.8 Å². The maximum atomic E-state index is 9.73. The lowest BCUT2D eigenvalue weighted by molar-refractivity contribution is 0.289. The fourth-order valence-electron chi connectivity index (χ4n) is 1.53. The summed E-state index contributed by atoms with van der Waals surface area (Å²) in [5.74, 6) is 0.184. The van der Waals surface area contributed by atoms with Crippen molar-refractivity contribution in [1.82, 2.24) is 0 Å². The van der Waals surface area contributed by atoms with E-state index in [1.807, 2.05) is 13.0 Å². The number of phenols is 2. The summed E-state index contributed by atoms with van der Waals surface area (Å²) in [6.07, 6.45) is 3.88. The van der Waals surface area contributed by atoms with Gasteiger partial charge in [-0.3, -0.25) is 0 Å². The zero-order chi connectivity index (χ0) is 12.0. The van der Waals surface area contributed by atoms with E-state index in [2.05, 4.69) is 6.92 Å². The molecule has 0 atom stereocenters. The largest absolute Gasteiger partial charge is 0.504 e. The number of benzene rings is 1. The lowest BCUT2D eigenvalue weighted by Gasteiger charge is -2.13. The van der Waals surface area contributed by atoms with E-state index in [4.69, 9.17) is 4.74 Å². The number of unbranched alkanes of at least 4 members (excludes halogenated alkanes) is 1. The number of aryl methyl sites for hydroxylation is 1. The van der Waals surface area contributed by atoms with Crippen LogP contribution >= 0.6 is 0 Å². The van der Waals surface area contributed by atoms with Crippen molar-refractivity contribution in [3.63, 3.8) is 0 Å². The molecule has 0 aliphatic heterocycles. The molecule has 90 valence electrons. The summed E-state index contributed by atoms with van der Waals surface area (Å²) in [5, 5.41) is 19.1. The van der Waals surface area contributed by atoms with Crippen molar-refractivity contribution in [2.45, 2.75) is 39.5 Å². The number of hydrogen-bond acceptors (Lipinski definition) is 3. The van der Waals surface area contributed by atoms with Crippen LogP contribution in [0.2, 0.25) is 0 Å². The molecule has 0 saturated heterocycles. The van der Waals surface area contributed by atoms with Gasteiger partial charge < -0.3 is 14.9 Å². The number of aromatic hydroxyl groups is 2. The molecule has 0 aliphatic rings. The molecular weight excluding hydrogens is 204 g/mol. The topological polar surface area (TPSA) is 49.7 Å². The molecule has 0 heterocycles. The molecule has 1 aromatic carbocycles. The van der Waals surface area contributed by atoms with Crippen molar-refractivity contribution >= 4 is 0 Å². The highest BCUT2D eigenvalue weighted by Gasteiger charge is 2.12. The number of ether oxygens (including phenoxy) is 1. The Morgan fingerprint density at radius 3 is 2.50 bits per heavy atom. The highest BCUT2D eigenvalue weighted by atomic mass is 16.5. The Kier molecular flexibility index (Phi) is 4.96. The molecule has 1 aromatic rings.